The topological polar surface area (TPSA) is 34.5 Å². The zero-order valence-corrected chi connectivity index (χ0v) is 16.9. The third kappa shape index (κ3) is 4.49. The third-order valence-corrected chi connectivity index (χ3v) is 5.95. The van der Waals surface area contributed by atoms with Gasteiger partial charge in [-0.15, -0.1) is 0 Å². The van der Waals surface area contributed by atoms with Gasteiger partial charge in [0.2, 0.25) is 0 Å². The molecule has 1 fully saturated rings. The molecule has 2 aromatic rings. The van der Waals surface area contributed by atoms with Gasteiger partial charge in [0.25, 0.3) is 0 Å². The SMILES string of the molecule is FC(F)(F)c1cc([C@@H]2ON=C3[C@@H](c4cc(C(F)(F)F)ncc4Cl)CC[C@@H]32)cc(C(F)(F)F)c1. The monoisotopic (exact) mass is 502 g/mol. The van der Waals surface area contributed by atoms with E-state index in [9.17, 15) is 39.5 Å². The summed E-state index contributed by atoms with van der Waals surface area (Å²) < 4.78 is 118. The molecule has 2 aliphatic rings. The molecule has 0 spiro atoms. The highest BCUT2D eigenvalue weighted by atomic mass is 35.5. The first kappa shape index (κ1) is 23.7. The first-order valence-corrected chi connectivity index (χ1v) is 9.79. The normalized spacial score (nSPS) is 23.3. The number of alkyl halides is 9. The van der Waals surface area contributed by atoms with E-state index in [1.54, 1.807) is 0 Å². The number of fused-ring (bicyclic) bond motifs is 1. The number of oxime groups is 1. The van der Waals surface area contributed by atoms with Crippen molar-refractivity contribution < 1.29 is 44.4 Å². The lowest BCUT2D eigenvalue weighted by Gasteiger charge is -2.19. The van der Waals surface area contributed by atoms with Gasteiger partial charge in [0, 0.05) is 18.0 Å². The second-order valence-corrected chi connectivity index (χ2v) is 8.11. The Kier molecular flexibility index (Phi) is 5.58. The predicted molar refractivity (Wildman–Crippen MR) is 97.4 cm³/mol. The van der Waals surface area contributed by atoms with Crippen molar-refractivity contribution in [1.29, 1.82) is 0 Å². The van der Waals surface area contributed by atoms with Crippen LogP contribution >= 0.6 is 11.6 Å². The summed E-state index contributed by atoms with van der Waals surface area (Å²) in [6.45, 7) is 0. The van der Waals surface area contributed by atoms with E-state index < -0.39 is 53.3 Å². The molecule has 0 N–H and O–H groups in total. The molecule has 2 heterocycles. The molecule has 0 radical (unpaired) electrons. The lowest BCUT2D eigenvalue weighted by atomic mass is 9.88. The summed E-state index contributed by atoms with van der Waals surface area (Å²) in [5, 5.41) is 3.75. The van der Waals surface area contributed by atoms with Crippen molar-refractivity contribution in [3.05, 3.63) is 63.4 Å². The summed E-state index contributed by atoms with van der Waals surface area (Å²) in [5.41, 5.74) is -4.28. The lowest BCUT2D eigenvalue weighted by Crippen LogP contribution is -2.18. The Balaban J connectivity index is 1.69. The highest BCUT2D eigenvalue weighted by molar-refractivity contribution is 6.31. The Hall–Kier alpha value is -2.50. The molecule has 1 aliphatic carbocycles. The van der Waals surface area contributed by atoms with Crippen LogP contribution in [0.15, 0.2) is 35.6 Å². The smallest absolute Gasteiger partial charge is 0.387 e. The fraction of sp³-hybridized carbons (Fsp3) is 0.400. The van der Waals surface area contributed by atoms with Gasteiger partial charge in [-0.25, -0.2) is 0 Å². The van der Waals surface area contributed by atoms with Crippen LogP contribution in [0.1, 0.15) is 52.8 Å². The fourth-order valence-electron chi connectivity index (χ4n) is 4.16. The molecule has 0 bridgehead atoms. The maximum absolute atomic E-state index is 13.2. The van der Waals surface area contributed by atoms with Gasteiger partial charge in [-0.2, -0.15) is 39.5 Å². The van der Waals surface area contributed by atoms with Gasteiger partial charge in [-0.05, 0) is 48.2 Å². The van der Waals surface area contributed by atoms with Crippen LogP contribution < -0.4 is 0 Å². The molecular weight excluding hydrogens is 491 g/mol. The molecule has 178 valence electrons. The summed E-state index contributed by atoms with van der Waals surface area (Å²) >= 11 is 6.04. The molecule has 1 aromatic heterocycles. The zero-order chi connectivity index (χ0) is 24.3. The largest absolute Gasteiger partial charge is 0.433 e. The van der Waals surface area contributed by atoms with Crippen molar-refractivity contribution in [3.8, 4) is 0 Å². The maximum atomic E-state index is 13.2. The standard InChI is InChI=1S/C20H12ClF9N2O/c21-14-7-31-15(20(28,29)30)6-13(14)11-1-2-12-16(11)32-33-17(12)8-3-9(18(22,23)24)5-10(4-8)19(25,26)27/h3-7,11-12,17H,1-2H2/t11-,12+,17+/m1/s1. The molecule has 3 atom stereocenters. The predicted octanol–water partition coefficient (Wildman–Crippen LogP) is 7.41. The number of benzene rings is 1. The van der Waals surface area contributed by atoms with Crippen LogP contribution in [0.2, 0.25) is 5.02 Å². The highest BCUT2D eigenvalue weighted by Crippen LogP contribution is 2.50. The van der Waals surface area contributed by atoms with Crippen molar-refractivity contribution in [2.45, 2.75) is 43.4 Å². The van der Waals surface area contributed by atoms with Crippen LogP contribution in [0, 0.1) is 5.92 Å². The second-order valence-electron chi connectivity index (χ2n) is 7.71. The van der Waals surface area contributed by atoms with Gasteiger partial charge in [0.1, 0.15) is 5.69 Å². The van der Waals surface area contributed by atoms with Crippen molar-refractivity contribution in [1.82, 2.24) is 4.98 Å². The number of rotatable bonds is 2. The quantitative estimate of drug-likeness (QED) is 0.401. The summed E-state index contributed by atoms with van der Waals surface area (Å²) in [6.07, 6.45) is -14.8. The number of hydrogen-bond acceptors (Lipinski definition) is 3. The van der Waals surface area contributed by atoms with Crippen LogP contribution in [0.25, 0.3) is 0 Å². The van der Waals surface area contributed by atoms with E-state index in [0.717, 1.165) is 12.3 Å². The minimum absolute atomic E-state index is 0.00702. The summed E-state index contributed by atoms with van der Waals surface area (Å²) in [4.78, 5) is 8.46. The Bertz CT molecular complexity index is 1080. The van der Waals surface area contributed by atoms with Gasteiger partial charge in [-0.1, -0.05) is 16.8 Å². The molecule has 0 amide bonds. The van der Waals surface area contributed by atoms with E-state index in [4.69, 9.17) is 16.4 Å². The summed E-state index contributed by atoms with van der Waals surface area (Å²) in [5.74, 6) is -1.47. The Morgan fingerprint density at radius 1 is 0.818 bits per heavy atom. The first-order valence-electron chi connectivity index (χ1n) is 9.42. The van der Waals surface area contributed by atoms with Crippen molar-refractivity contribution in [3.63, 3.8) is 0 Å². The summed E-state index contributed by atoms with van der Waals surface area (Å²) in [7, 11) is 0. The van der Waals surface area contributed by atoms with Crippen molar-refractivity contribution >= 4 is 17.3 Å². The minimum Gasteiger partial charge on any atom is -0.387 e. The average molecular weight is 503 g/mol. The molecule has 4 rings (SSSR count). The van der Waals surface area contributed by atoms with E-state index in [-0.39, 0.29) is 40.8 Å². The van der Waals surface area contributed by atoms with Gasteiger partial charge in [0.15, 0.2) is 6.10 Å². The Morgan fingerprint density at radius 3 is 1.97 bits per heavy atom. The van der Waals surface area contributed by atoms with E-state index in [0.29, 0.717) is 12.1 Å². The lowest BCUT2D eigenvalue weighted by molar-refractivity contribution is -0.143. The van der Waals surface area contributed by atoms with E-state index in [2.05, 4.69) is 10.1 Å². The maximum Gasteiger partial charge on any atom is 0.433 e. The molecule has 1 aliphatic heterocycles. The Morgan fingerprint density at radius 2 is 1.42 bits per heavy atom. The average Bonchev–Trinajstić information content (AvgIpc) is 3.28. The number of pyridine rings is 1. The van der Waals surface area contributed by atoms with Crippen molar-refractivity contribution in [2.75, 3.05) is 0 Å². The van der Waals surface area contributed by atoms with Crippen molar-refractivity contribution in [2.24, 2.45) is 11.1 Å². The van der Waals surface area contributed by atoms with E-state index >= 15 is 0 Å². The molecular formula is C20H12ClF9N2O. The first-order chi connectivity index (χ1) is 15.2. The molecule has 1 aromatic carbocycles. The van der Waals surface area contributed by atoms with E-state index in [1.807, 2.05) is 0 Å². The van der Waals surface area contributed by atoms with E-state index in [1.165, 1.54) is 0 Å². The van der Waals surface area contributed by atoms with Gasteiger partial charge >= 0.3 is 18.5 Å². The van der Waals surface area contributed by atoms with Crippen LogP contribution in [-0.2, 0) is 23.4 Å². The van der Waals surface area contributed by atoms with Crippen LogP contribution in [0.3, 0.4) is 0 Å². The second kappa shape index (κ2) is 7.78. The van der Waals surface area contributed by atoms with Crippen LogP contribution in [0.4, 0.5) is 39.5 Å². The number of halogens is 10. The number of aromatic nitrogens is 1. The molecule has 1 saturated carbocycles. The molecule has 0 unspecified atom stereocenters. The van der Waals surface area contributed by atoms with Crippen LogP contribution in [-0.4, -0.2) is 10.7 Å². The zero-order valence-electron chi connectivity index (χ0n) is 16.1. The fourth-order valence-corrected chi connectivity index (χ4v) is 4.39. The van der Waals surface area contributed by atoms with Gasteiger partial charge in [-0.3, -0.25) is 4.98 Å². The molecule has 13 heteroatoms. The third-order valence-electron chi connectivity index (χ3n) is 5.63. The molecule has 3 nitrogen and oxygen atoms in total. The minimum atomic E-state index is -5.03. The summed E-state index contributed by atoms with van der Waals surface area (Å²) in [6, 6.07) is 1.89. The highest BCUT2D eigenvalue weighted by Gasteiger charge is 2.47. The molecule has 33 heavy (non-hydrogen) atoms. The number of nitrogens with zero attached hydrogens (tertiary/aromatic N) is 2. The van der Waals surface area contributed by atoms with Gasteiger partial charge < -0.3 is 4.84 Å². The molecule has 0 saturated heterocycles. The van der Waals surface area contributed by atoms with Crippen LogP contribution in [0.5, 0.6) is 0 Å². The number of hydrogen-bond donors (Lipinski definition) is 0. The van der Waals surface area contributed by atoms with Gasteiger partial charge in [0.05, 0.1) is 21.9 Å². The Labute approximate surface area is 185 Å².